The molecular formula is C17H13BFN3O3. The summed E-state index contributed by atoms with van der Waals surface area (Å²) in [5, 5.41) is 19.1. The van der Waals surface area contributed by atoms with Gasteiger partial charge < -0.3 is 15.0 Å². The molecule has 4 rings (SSSR count). The number of H-pyrrole nitrogens is 1. The van der Waals surface area contributed by atoms with Crippen molar-refractivity contribution in [1.82, 2.24) is 10.2 Å². The van der Waals surface area contributed by atoms with Crippen molar-refractivity contribution in [2.24, 2.45) is 0 Å². The molecule has 0 unspecified atom stereocenters. The number of amides is 1. The summed E-state index contributed by atoms with van der Waals surface area (Å²) < 4.78 is 19.2. The Labute approximate surface area is 142 Å². The Morgan fingerprint density at radius 1 is 1.28 bits per heavy atom. The fourth-order valence-electron chi connectivity index (χ4n) is 2.75. The van der Waals surface area contributed by atoms with Crippen molar-refractivity contribution in [2.75, 3.05) is 5.32 Å². The smallest absolute Gasteiger partial charge is 0.423 e. The molecule has 0 fully saturated rings. The molecule has 25 heavy (non-hydrogen) atoms. The summed E-state index contributed by atoms with van der Waals surface area (Å²) >= 11 is 0. The lowest BCUT2D eigenvalue weighted by molar-refractivity contribution is 0.102. The number of aromatic nitrogens is 2. The SMILES string of the molecule is O=C(Nc1cc(-c2ccccc2)[nH]n1)c1cc2c(cc1F)COB2O. The highest BCUT2D eigenvalue weighted by Crippen LogP contribution is 2.20. The lowest BCUT2D eigenvalue weighted by Gasteiger charge is -2.06. The summed E-state index contributed by atoms with van der Waals surface area (Å²) in [6.07, 6.45) is 0. The van der Waals surface area contributed by atoms with Crippen molar-refractivity contribution >= 4 is 24.3 Å². The van der Waals surface area contributed by atoms with Gasteiger partial charge in [-0.3, -0.25) is 9.89 Å². The van der Waals surface area contributed by atoms with Gasteiger partial charge >= 0.3 is 7.12 Å². The minimum absolute atomic E-state index is 0.120. The lowest BCUT2D eigenvalue weighted by atomic mass is 9.78. The predicted molar refractivity (Wildman–Crippen MR) is 90.8 cm³/mol. The zero-order valence-corrected chi connectivity index (χ0v) is 13.0. The molecule has 0 radical (unpaired) electrons. The van der Waals surface area contributed by atoms with E-state index in [1.165, 1.54) is 12.1 Å². The van der Waals surface area contributed by atoms with E-state index in [9.17, 15) is 14.2 Å². The van der Waals surface area contributed by atoms with Crippen molar-refractivity contribution in [2.45, 2.75) is 6.61 Å². The second kappa shape index (κ2) is 6.16. The number of nitrogens with one attached hydrogen (secondary N) is 2. The molecule has 6 nitrogen and oxygen atoms in total. The molecule has 124 valence electrons. The monoisotopic (exact) mass is 337 g/mol. The first-order valence-corrected chi connectivity index (χ1v) is 7.66. The second-order valence-electron chi connectivity index (χ2n) is 5.68. The van der Waals surface area contributed by atoms with Crippen LogP contribution in [0.5, 0.6) is 0 Å². The molecule has 0 bridgehead atoms. The van der Waals surface area contributed by atoms with E-state index in [-0.39, 0.29) is 18.0 Å². The van der Waals surface area contributed by atoms with Crippen LogP contribution in [-0.4, -0.2) is 28.2 Å². The third-order valence-corrected chi connectivity index (χ3v) is 4.04. The van der Waals surface area contributed by atoms with Gasteiger partial charge in [-0.25, -0.2) is 4.39 Å². The third kappa shape index (κ3) is 2.93. The second-order valence-corrected chi connectivity index (χ2v) is 5.68. The van der Waals surface area contributed by atoms with Crippen LogP contribution in [0.4, 0.5) is 10.2 Å². The maximum Gasteiger partial charge on any atom is 0.491 e. The molecule has 0 saturated carbocycles. The lowest BCUT2D eigenvalue weighted by Crippen LogP contribution is -2.30. The summed E-state index contributed by atoms with van der Waals surface area (Å²) in [5.74, 6) is -1.04. The molecule has 0 spiro atoms. The number of nitrogens with zero attached hydrogens (tertiary/aromatic N) is 1. The molecule has 1 amide bonds. The van der Waals surface area contributed by atoms with Crippen molar-refractivity contribution in [1.29, 1.82) is 0 Å². The Morgan fingerprint density at radius 2 is 2.08 bits per heavy atom. The summed E-state index contributed by atoms with van der Waals surface area (Å²) in [6, 6.07) is 13.7. The highest BCUT2D eigenvalue weighted by atomic mass is 19.1. The molecular weight excluding hydrogens is 324 g/mol. The van der Waals surface area contributed by atoms with Crippen LogP contribution in [0, 0.1) is 5.82 Å². The average Bonchev–Trinajstić information content (AvgIpc) is 3.22. The van der Waals surface area contributed by atoms with E-state index in [1.54, 1.807) is 6.07 Å². The standard InChI is InChI=1S/C17H13BFN3O3/c19-14-6-11-9-25-18(24)13(11)7-12(14)17(23)20-16-8-15(21-22-16)10-4-2-1-3-5-10/h1-8,24H,9H2,(H2,20,21,22,23). The van der Waals surface area contributed by atoms with Crippen LogP contribution in [0.25, 0.3) is 11.3 Å². The third-order valence-electron chi connectivity index (χ3n) is 4.04. The minimum atomic E-state index is -1.14. The largest absolute Gasteiger partial charge is 0.491 e. The molecule has 2 heterocycles. The zero-order valence-electron chi connectivity index (χ0n) is 13.0. The van der Waals surface area contributed by atoms with Gasteiger partial charge in [-0.1, -0.05) is 30.3 Å². The first-order chi connectivity index (χ1) is 12.1. The molecule has 0 atom stereocenters. The number of carbonyl (C=O) groups is 1. The molecule has 0 aliphatic carbocycles. The number of carbonyl (C=O) groups excluding carboxylic acids is 1. The predicted octanol–water partition coefficient (Wildman–Crippen LogP) is 1.69. The number of hydrogen-bond acceptors (Lipinski definition) is 4. The summed E-state index contributed by atoms with van der Waals surface area (Å²) in [7, 11) is -1.14. The van der Waals surface area contributed by atoms with Crippen molar-refractivity contribution in [3.05, 3.63) is 65.5 Å². The maximum atomic E-state index is 14.2. The normalized spacial score (nSPS) is 13.0. The van der Waals surface area contributed by atoms with Crippen molar-refractivity contribution in [3.63, 3.8) is 0 Å². The average molecular weight is 337 g/mol. The molecule has 8 heteroatoms. The summed E-state index contributed by atoms with van der Waals surface area (Å²) in [6.45, 7) is 0.120. The van der Waals surface area contributed by atoms with Gasteiger partial charge in [-0.15, -0.1) is 0 Å². The van der Waals surface area contributed by atoms with E-state index in [0.29, 0.717) is 11.0 Å². The quantitative estimate of drug-likeness (QED) is 0.635. The topological polar surface area (TPSA) is 87.2 Å². The van der Waals surface area contributed by atoms with Crippen LogP contribution in [0.1, 0.15) is 15.9 Å². The van der Waals surface area contributed by atoms with E-state index in [4.69, 9.17) is 4.65 Å². The Kier molecular flexibility index (Phi) is 3.83. The number of rotatable bonds is 3. The summed E-state index contributed by atoms with van der Waals surface area (Å²) in [5.41, 5.74) is 2.41. The van der Waals surface area contributed by atoms with Crippen LogP contribution in [0.15, 0.2) is 48.5 Å². The van der Waals surface area contributed by atoms with Crippen molar-refractivity contribution in [3.8, 4) is 11.3 Å². The first-order valence-electron chi connectivity index (χ1n) is 7.66. The van der Waals surface area contributed by atoms with Gasteiger partial charge in [-0.05, 0) is 28.7 Å². The van der Waals surface area contributed by atoms with Gasteiger partial charge in [0, 0.05) is 6.07 Å². The number of fused-ring (bicyclic) bond motifs is 1. The number of halogens is 1. The van der Waals surface area contributed by atoms with E-state index in [1.807, 2.05) is 30.3 Å². The van der Waals surface area contributed by atoms with Gasteiger partial charge in [0.1, 0.15) is 5.82 Å². The molecule has 2 aromatic carbocycles. The van der Waals surface area contributed by atoms with Gasteiger partial charge in [0.2, 0.25) is 0 Å². The van der Waals surface area contributed by atoms with E-state index in [0.717, 1.165) is 11.3 Å². The van der Waals surface area contributed by atoms with Gasteiger partial charge in [0.05, 0.1) is 17.9 Å². The maximum absolute atomic E-state index is 14.2. The number of anilines is 1. The van der Waals surface area contributed by atoms with Gasteiger partial charge in [-0.2, -0.15) is 5.10 Å². The van der Waals surface area contributed by atoms with E-state index >= 15 is 0 Å². The molecule has 3 aromatic rings. The fourth-order valence-corrected chi connectivity index (χ4v) is 2.75. The highest BCUT2D eigenvalue weighted by molar-refractivity contribution is 6.61. The molecule has 1 aliphatic heterocycles. The van der Waals surface area contributed by atoms with Crippen LogP contribution >= 0.6 is 0 Å². The molecule has 0 saturated heterocycles. The summed E-state index contributed by atoms with van der Waals surface area (Å²) in [4.78, 5) is 12.4. The fraction of sp³-hybridized carbons (Fsp3) is 0.0588. The Bertz CT molecular complexity index is 946. The van der Waals surface area contributed by atoms with Crippen LogP contribution < -0.4 is 10.8 Å². The minimum Gasteiger partial charge on any atom is -0.423 e. The molecule has 1 aliphatic rings. The molecule has 1 aromatic heterocycles. The number of hydrogen-bond donors (Lipinski definition) is 3. The number of aromatic amines is 1. The van der Waals surface area contributed by atoms with Gasteiger partial charge in [0.15, 0.2) is 5.82 Å². The Balaban J connectivity index is 1.57. The van der Waals surface area contributed by atoms with E-state index < -0.39 is 18.8 Å². The first kappa shape index (κ1) is 15.6. The highest BCUT2D eigenvalue weighted by Gasteiger charge is 2.30. The molecule has 3 N–H and O–H groups in total. The Hall–Kier alpha value is -2.97. The number of benzene rings is 2. The van der Waals surface area contributed by atoms with Crippen LogP contribution in [-0.2, 0) is 11.3 Å². The van der Waals surface area contributed by atoms with Gasteiger partial charge in [0.25, 0.3) is 5.91 Å². The zero-order chi connectivity index (χ0) is 17.4. The van der Waals surface area contributed by atoms with Crippen LogP contribution in [0.2, 0.25) is 0 Å². The van der Waals surface area contributed by atoms with Crippen molar-refractivity contribution < 1.29 is 18.9 Å². The van der Waals surface area contributed by atoms with Crippen LogP contribution in [0.3, 0.4) is 0 Å². The Morgan fingerprint density at radius 3 is 2.88 bits per heavy atom. The van der Waals surface area contributed by atoms with E-state index in [2.05, 4.69) is 15.5 Å².